The molecule has 0 saturated carbocycles. The van der Waals surface area contributed by atoms with Gasteiger partial charge in [0.15, 0.2) is 0 Å². The van der Waals surface area contributed by atoms with E-state index in [2.05, 4.69) is 17.1 Å². The summed E-state index contributed by atoms with van der Waals surface area (Å²) in [6, 6.07) is 13.8. The van der Waals surface area contributed by atoms with Crippen molar-refractivity contribution in [1.82, 2.24) is 14.2 Å². The summed E-state index contributed by atoms with van der Waals surface area (Å²) < 4.78 is 27.9. The van der Waals surface area contributed by atoms with Gasteiger partial charge in [0.1, 0.15) is 0 Å². The third kappa shape index (κ3) is 4.57. The Balaban J connectivity index is 1.14. The van der Waals surface area contributed by atoms with Gasteiger partial charge in [-0.3, -0.25) is 4.79 Å². The van der Waals surface area contributed by atoms with Gasteiger partial charge in [-0.1, -0.05) is 24.3 Å². The molecule has 0 spiro atoms. The third-order valence-electron chi connectivity index (χ3n) is 7.06. The van der Waals surface area contributed by atoms with Crippen LogP contribution in [0.4, 0.5) is 0 Å². The number of fused-ring (bicyclic) bond motifs is 2. The highest BCUT2D eigenvalue weighted by atomic mass is 32.2. The van der Waals surface area contributed by atoms with Crippen LogP contribution in [-0.4, -0.2) is 54.7 Å². The number of piperazine rings is 1. The molecule has 5 rings (SSSR count). The van der Waals surface area contributed by atoms with Gasteiger partial charge in [-0.25, -0.2) is 8.42 Å². The van der Waals surface area contributed by atoms with E-state index in [0.717, 1.165) is 37.6 Å². The second-order valence-electron chi connectivity index (χ2n) is 9.14. The molecule has 1 fully saturated rings. The minimum absolute atomic E-state index is 0.112. The van der Waals surface area contributed by atoms with Crippen LogP contribution in [0.2, 0.25) is 0 Å². The molecule has 1 aliphatic carbocycles. The SMILES string of the molecule is O=C(CCCc1c[nH]c2ccccc12)N1CCN(S(=O)(=O)c2ccc3c(c2)CCCC3)CC1. The maximum absolute atomic E-state index is 13.2. The number of para-hydroxylation sites is 1. The summed E-state index contributed by atoms with van der Waals surface area (Å²) in [6.45, 7) is 1.62. The van der Waals surface area contributed by atoms with E-state index in [4.69, 9.17) is 0 Å². The predicted molar refractivity (Wildman–Crippen MR) is 130 cm³/mol. The summed E-state index contributed by atoms with van der Waals surface area (Å²) in [5, 5.41) is 1.21. The van der Waals surface area contributed by atoms with Gasteiger partial charge in [-0.2, -0.15) is 4.31 Å². The number of hydrogen-bond acceptors (Lipinski definition) is 3. The van der Waals surface area contributed by atoms with E-state index in [-0.39, 0.29) is 5.91 Å². The van der Waals surface area contributed by atoms with Crippen LogP contribution in [0.25, 0.3) is 10.9 Å². The van der Waals surface area contributed by atoms with Gasteiger partial charge in [-0.15, -0.1) is 0 Å². The van der Waals surface area contributed by atoms with Crippen molar-refractivity contribution >= 4 is 26.8 Å². The third-order valence-corrected chi connectivity index (χ3v) is 8.96. The van der Waals surface area contributed by atoms with Gasteiger partial charge in [0.25, 0.3) is 0 Å². The molecule has 1 saturated heterocycles. The average Bonchev–Trinajstić information content (AvgIpc) is 3.27. The molecule has 1 amide bonds. The number of aryl methyl sites for hydroxylation is 3. The summed E-state index contributed by atoms with van der Waals surface area (Å²) >= 11 is 0. The topological polar surface area (TPSA) is 73.5 Å². The molecule has 2 aromatic carbocycles. The van der Waals surface area contributed by atoms with Gasteiger partial charge in [0.05, 0.1) is 4.90 Å². The maximum Gasteiger partial charge on any atom is 0.243 e. The number of carbonyl (C=O) groups excluding carboxylic acids is 1. The lowest BCUT2D eigenvalue weighted by Gasteiger charge is -2.34. The molecule has 1 aromatic heterocycles. The summed E-state index contributed by atoms with van der Waals surface area (Å²) in [5.74, 6) is 0.112. The Morgan fingerprint density at radius 1 is 0.939 bits per heavy atom. The van der Waals surface area contributed by atoms with E-state index in [9.17, 15) is 13.2 Å². The van der Waals surface area contributed by atoms with Crippen molar-refractivity contribution in [2.45, 2.75) is 49.8 Å². The van der Waals surface area contributed by atoms with Crippen molar-refractivity contribution in [3.63, 3.8) is 0 Å². The fourth-order valence-electron chi connectivity index (χ4n) is 5.12. The number of sulfonamides is 1. The molecule has 2 heterocycles. The van der Waals surface area contributed by atoms with Gasteiger partial charge >= 0.3 is 0 Å². The Kier molecular flexibility index (Phi) is 6.25. The summed E-state index contributed by atoms with van der Waals surface area (Å²) in [4.78, 5) is 18.2. The highest BCUT2D eigenvalue weighted by molar-refractivity contribution is 7.89. The van der Waals surface area contributed by atoms with Gasteiger partial charge < -0.3 is 9.88 Å². The van der Waals surface area contributed by atoms with Crippen molar-refractivity contribution in [2.24, 2.45) is 0 Å². The number of amides is 1. The Morgan fingerprint density at radius 3 is 2.52 bits per heavy atom. The molecule has 33 heavy (non-hydrogen) atoms. The first kappa shape index (κ1) is 22.2. The maximum atomic E-state index is 13.2. The molecule has 0 radical (unpaired) electrons. The zero-order valence-corrected chi connectivity index (χ0v) is 19.7. The number of nitrogens with zero attached hydrogens (tertiary/aromatic N) is 2. The molecular formula is C26H31N3O3S. The van der Waals surface area contributed by atoms with E-state index in [0.29, 0.717) is 37.5 Å². The van der Waals surface area contributed by atoms with Crippen molar-refractivity contribution in [1.29, 1.82) is 0 Å². The highest BCUT2D eigenvalue weighted by Crippen LogP contribution is 2.26. The quantitative estimate of drug-likeness (QED) is 0.600. The van der Waals surface area contributed by atoms with E-state index in [1.54, 1.807) is 6.07 Å². The Bertz CT molecular complexity index is 1260. The van der Waals surface area contributed by atoms with Crippen LogP contribution in [0.1, 0.15) is 42.4 Å². The molecule has 0 bridgehead atoms. The van der Waals surface area contributed by atoms with Crippen molar-refractivity contribution in [2.75, 3.05) is 26.2 Å². The van der Waals surface area contributed by atoms with Crippen LogP contribution in [-0.2, 0) is 34.1 Å². The lowest BCUT2D eigenvalue weighted by molar-refractivity contribution is -0.132. The molecule has 6 nitrogen and oxygen atoms in total. The molecule has 1 aliphatic heterocycles. The summed E-state index contributed by atoms with van der Waals surface area (Å²) in [5.41, 5.74) is 4.81. The number of carbonyl (C=O) groups is 1. The second-order valence-corrected chi connectivity index (χ2v) is 11.1. The zero-order chi connectivity index (χ0) is 22.8. The van der Waals surface area contributed by atoms with Crippen LogP contribution in [0.15, 0.2) is 53.6 Å². The predicted octanol–water partition coefficient (Wildman–Crippen LogP) is 3.90. The standard InChI is InChI=1S/C26H31N3O3S/c30-26(11-5-8-22-19-27-25-10-4-3-9-24(22)25)28-14-16-29(17-15-28)33(31,32)23-13-12-20-6-1-2-7-21(20)18-23/h3-4,9-10,12-13,18-19,27H,1-2,5-8,11,14-17H2. The minimum Gasteiger partial charge on any atom is -0.361 e. The molecular weight excluding hydrogens is 434 g/mol. The van der Waals surface area contributed by atoms with Gasteiger partial charge in [0.2, 0.25) is 15.9 Å². The smallest absolute Gasteiger partial charge is 0.243 e. The number of hydrogen-bond donors (Lipinski definition) is 1. The van der Waals surface area contributed by atoms with E-state index < -0.39 is 10.0 Å². The monoisotopic (exact) mass is 465 g/mol. The first-order valence-corrected chi connectivity index (χ1v) is 13.4. The van der Waals surface area contributed by atoms with E-state index >= 15 is 0 Å². The second kappa shape index (κ2) is 9.31. The van der Waals surface area contributed by atoms with Crippen molar-refractivity contribution in [3.8, 4) is 0 Å². The van der Waals surface area contributed by atoms with Crippen LogP contribution in [0.3, 0.4) is 0 Å². The largest absolute Gasteiger partial charge is 0.361 e. The normalized spacial score (nSPS) is 17.3. The van der Waals surface area contributed by atoms with Crippen LogP contribution in [0, 0.1) is 0 Å². The summed E-state index contributed by atoms with van der Waals surface area (Å²) in [6.07, 6.45) is 8.44. The number of rotatable bonds is 6. The van der Waals surface area contributed by atoms with Crippen molar-refractivity contribution < 1.29 is 13.2 Å². The Hall–Kier alpha value is -2.64. The molecule has 7 heteroatoms. The van der Waals surface area contributed by atoms with Crippen molar-refractivity contribution in [3.05, 3.63) is 65.4 Å². The van der Waals surface area contributed by atoms with E-state index in [1.165, 1.54) is 32.8 Å². The fourth-order valence-corrected chi connectivity index (χ4v) is 6.60. The number of aromatic amines is 1. The number of benzene rings is 2. The molecule has 3 aromatic rings. The van der Waals surface area contributed by atoms with Gasteiger partial charge in [0, 0.05) is 49.7 Å². The molecule has 0 atom stereocenters. The molecule has 174 valence electrons. The molecule has 2 aliphatic rings. The van der Waals surface area contributed by atoms with Crippen LogP contribution < -0.4 is 0 Å². The minimum atomic E-state index is -3.52. The van der Waals surface area contributed by atoms with Crippen LogP contribution >= 0.6 is 0 Å². The number of nitrogens with one attached hydrogen (secondary N) is 1. The first-order valence-electron chi connectivity index (χ1n) is 12.0. The molecule has 1 N–H and O–H groups in total. The Labute approximate surface area is 195 Å². The molecule has 0 unspecified atom stereocenters. The van der Waals surface area contributed by atoms with Gasteiger partial charge in [-0.05, 0) is 73.4 Å². The highest BCUT2D eigenvalue weighted by Gasteiger charge is 2.30. The fraction of sp³-hybridized carbons (Fsp3) is 0.423. The Morgan fingerprint density at radius 2 is 1.70 bits per heavy atom. The zero-order valence-electron chi connectivity index (χ0n) is 18.9. The van der Waals surface area contributed by atoms with Crippen LogP contribution in [0.5, 0.6) is 0 Å². The lowest BCUT2D eigenvalue weighted by Crippen LogP contribution is -2.50. The number of aromatic nitrogens is 1. The first-order chi connectivity index (χ1) is 16.0. The van der Waals surface area contributed by atoms with E-state index in [1.807, 2.05) is 35.4 Å². The lowest BCUT2D eigenvalue weighted by atomic mass is 9.92. The summed E-state index contributed by atoms with van der Waals surface area (Å²) in [7, 11) is -3.52. The average molecular weight is 466 g/mol. The number of H-pyrrole nitrogens is 1.